The first-order chi connectivity index (χ1) is 12.1. The molecule has 0 aliphatic carbocycles. The molecule has 1 saturated heterocycles. The monoisotopic (exact) mass is 354 g/mol. The Morgan fingerprint density at radius 1 is 1.20 bits per heavy atom. The van der Waals surface area contributed by atoms with Crippen molar-refractivity contribution in [2.24, 2.45) is 0 Å². The number of nitrogens with one attached hydrogen (secondary N) is 2. The van der Waals surface area contributed by atoms with Gasteiger partial charge in [0.1, 0.15) is 5.82 Å². The van der Waals surface area contributed by atoms with Crippen LogP contribution in [0, 0.1) is 6.92 Å². The van der Waals surface area contributed by atoms with E-state index in [-0.39, 0.29) is 0 Å². The highest BCUT2D eigenvalue weighted by Crippen LogP contribution is 2.23. The van der Waals surface area contributed by atoms with Crippen LogP contribution in [0.2, 0.25) is 0 Å². The average molecular weight is 355 g/mol. The number of anilines is 2. The second-order valence-corrected chi connectivity index (χ2v) is 7.14. The summed E-state index contributed by atoms with van der Waals surface area (Å²) in [6, 6.07) is 13.1. The van der Waals surface area contributed by atoms with Gasteiger partial charge < -0.3 is 15.5 Å². The van der Waals surface area contributed by atoms with Crippen molar-refractivity contribution in [1.29, 1.82) is 0 Å². The third-order valence-electron chi connectivity index (χ3n) is 4.68. The number of benzene rings is 1. The van der Waals surface area contributed by atoms with Crippen LogP contribution in [-0.2, 0) is 6.54 Å². The lowest BCUT2D eigenvalue weighted by molar-refractivity contribution is 0.481. The van der Waals surface area contributed by atoms with Crippen molar-refractivity contribution < 1.29 is 0 Å². The fraction of sp³-hybridized carbons (Fsp3) is 0.400. The molecule has 1 fully saturated rings. The van der Waals surface area contributed by atoms with Gasteiger partial charge in [0.15, 0.2) is 5.11 Å². The van der Waals surface area contributed by atoms with Crippen LogP contribution in [0.15, 0.2) is 42.6 Å². The largest absolute Gasteiger partial charge is 0.358 e. The molecule has 132 valence electrons. The predicted octanol–water partition coefficient (Wildman–Crippen LogP) is 4.26. The summed E-state index contributed by atoms with van der Waals surface area (Å²) in [5.41, 5.74) is 3.38. The Hall–Kier alpha value is -2.14. The van der Waals surface area contributed by atoms with E-state index in [1.54, 1.807) is 0 Å². The quantitative estimate of drug-likeness (QED) is 0.803. The molecule has 1 aliphatic rings. The first kappa shape index (κ1) is 17.7. The van der Waals surface area contributed by atoms with Gasteiger partial charge in [-0.25, -0.2) is 4.98 Å². The van der Waals surface area contributed by atoms with Crippen molar-refractivity contribution in [2.45, 2.75) is 45.7 Å². The number of hydrogen-bond acceptors (Lipinski definition) is 3. The highest BCUT2D eigenvalue weighted by atomic mass is 32.1. The summed E-state index contributed by atoms with van der Waals surface area (Å²) in [4.78, 5) is 7.00. The summed E-state index contributed by atoms with van der Waals surface area (Å²) < 4.78 is 0. The van der Waals surface area contributed by atoms with Crippen molar-refractivity contribution in [3.05, 3.63) is 53.7 Å². The van der Waals surface area contributed by atoms with E-state index in [4.69, 9.17) is 12.2 Å². The van der Waals surface area contributed by atoms with Crippen LogP contribution < -0.4 is 15.5 Å². The zero-order valence-electron chi connectivity index (χ0n) is 15.0. The van der Waals surface area contributed by atoms with Gasteiger partial charge in [0, 0.05) is 19.1 Å². The Balaban J connectivity index is 1.52. The summed E-state index contributed by atoms with van der Waals surface area (Å²) >= 11 is 5.38. The van der Waals surface area contributed by atoms with Crippen molar-refractivity contribution in [3.8, 4) is 0 Å². The highest BCUT2D eigenvalue weighted by molar-refractivity contribution is 7.80. The average Bonchev–Trinajstić information content (AvgIpc) is 2.62. The summed E-state index contributed by atoms with van der Waals surface area (Å²) in [5, 5.41) is 7.05. The molecule has 5 heteroatoms. The van der Waals surface area contributed by atoms with Crippen molar-refractivity contribution in [3.63, 3.8) is 0 Å². The zero-order valence-corrected chi connectivity index (χ0v) is 15.8. The number of aryl methyl sites for hydroxylation is 1. The van der Waals surface area contributed by atoms with Gasteiger partial charge in [-0.2, -0.15) is 0 Å². The summed E-state index contributed by atoms with van der Waals surface area (Å²) in [7, 11) is 0. The molecule has 1 unspecified atom stereocenters. The topological polar surface area (TPSA) is 40.2 Å². The minimum absolute atomic E-state index is 0.567. The van der Waals surface area contributed by atoms with Crippen LogP contribution in [0.25, 0.3) is 0 Å². The Kier molecular flexibility index (Phi) is 5.87. The van der Waals surface area contributed by atoms with Gasteiger partial charge in [-0.3, -0.25) is 0 Å². The molecule has 3 rings (SSSR count). The number of thiocarbonyl (C=S) groups is 1. The van der Waals surface area contributed by atoms with Crippen molar-refractivity contribution in [2.75, 3.05) is 16.8 Å². The molecule has 0 spiro atoms. The first-order valence-electron chi connectivity index (χ1n) is 8.95. The maximum Gasteiger partial charge on any atom is 0.171 e. The molecule has 1 atom stereocenters. The molecule has 2 aromatic rings. The van der Waals surface area contributed by atoms with E-state index >= 15 is 0 Å². The molecule has 2 N–H and O–H groups in total. The third kappa shape index (κ3) is 4.92. The van der Waals surface area contributed by atoms with E-state index in [1.807, 2.05) is 12.3 Å². The molecule has 1 aromatic carbocycles. The van der Waals surface area contributed by atoms with Crippen molar-refractivity contribution >= 4 is 28.8 Å². The molecular formula is C20H26N4S. The minimum Gasteiger partial charge on any atom is -0.358 e. The van der Waals surface area contributed by atoms with E-state index in [2.05, 4.69) is 64.7 Å². The lowest BCUT2D eigenvalue weighted by atomic mass is 10.0. The van der Waals surface area contributed by atoms with Gasteiger partial charge in [0.05, 0.1) is 11.9 Å². The van der Waals surface area contributed by atoms with Gasteiger partial charge in [-0.05, 0) is 63.0 Å². The van der Waals surface area contributed by atoms with E-state index in [1.165, 1.54) is 30.4 Å². The summed E-state index contributed by atoms with van der Waals surface area (Å²) in [6.45, 7) is 6.17. The van der Waals surface area contributed by atoms with E-state index < -0.39 is 0 Å². The number of hydrogen-bond donors (Lipinski definition) is 2. The van der Waals surface area contributed by atoms with E-state index in [0.29, 0.717) is 17.7 Å². The normalized spacial score (nSPS) is 17.2. The van der Waals surface area contributed by atoms with Gasteiger partial charge >= 0.3 is 0 Å². The Morgan fingerprint density at radius 2 is 2.00 bits per heavy atom. The molecule has 2 heterocycles. The molecule has 0 radical (unpaired) electrons. The highest BCUT2D eigenvalue weighted by Gasteiger charge is 2.19. The maximum atomic E-state index is 5.38. The maximum absolute atomic E-state index is 5.38. The number of rotatable bonds is 4. The van der Waals surface area contributed by atoms with Gasteiger partial charge in [0.25, 0.3) is 0 Å². The van der Waals surface area contributed by atoms with Gasteiger partial charge in [-0.1, -0.05) is 29.8 Å². The third-order valence-corrected chi connectivity index (χ3v) is 4.92. The van der Waals surface area contributed by atoms with E-state index in [9.17, 15) is 0 Å². The predicted molar refractivity (Wildman–Crippen MR) is 109 cm³/mol. The van der Waals surface area contributed by atoms with Gasteiger partial charge in [0.2, 0.25) is 0 Å². The molecule has 0 bridgehead atoms. The number of pyridine rings is 1. The molecule has 1 aromatic heterocycles. The number of nitrogens with zero attached hydrogens (tertiary/aromatic N) is 2. The molecule has 25 heavy (non-hydrogen) atoms. The second kappa shape index (κ2) is 8.30. The fourth-order valence-electron chi connectivity index (χ4n) is 3.13. The molecule has 0 amide bonds. The Labute approximate surface area is 155 Å². The Morgan fingerprint density at radius 3 is 2.68 bits per heavy atom. The smallest absolute Gasteiger partial charge is 0.171 e. The molecule has 0 saturated carbocycles. The number of aromatic nitrogens is 1. The number of piperidine rings is 1. The SMILES string of the molecule is Cc1ccc(CNC(=S)Nc2ccc(N3CCCCC3C)nc2)cc1. The lowest BCUT2D eigenvalue weighted by Crippen LogP contribution is -2.37. The minimum atomic E-state index is 0.567. The Bertz CT molecular complexity index is 697. The fourth-order valence-corrected chi connectivity index (χ4v) is 3.32. The van der Waals surface area contributed by atoms with Crippen LogP contribution in [0.3, 0.4) is 0 Å². The van der Waals surface area contributed by atoms with Crippen LogP contribution in [0.1, 0.15) is 37.3 Å². The molecule has 4 nitrogen and oxygen atoms in total. The standard InChI is InChI=1S/C20H26N4S/c1-15-6-8-17(9-7-15)13-22-20(25)23-18-10-11-19(21-14-18)24-12-4-3-5-16(24)2/h6-11,14,16H,3-5,12-13H2,1-2H3,(H2,22,23,25). The lowest BCUT2D eigenvalue weighted by Gasteiger charge is -2.34. The zero-order chi connectivity index (χ0) is 17.6. The van der Waals surface area contributed by atoms with Crippen LogP contribution in [-0.4, -0.2) is 22.7 Å². The van der Waals surface area contributed by atoms with Crippen LogP contribution in [0.4, 0.5) is 11.5 Å². The summed E-state index contributed by atoms with van der Waals surface area (Å²) in [5.74, 6) is 1.05. The molecule has 1 aliphatic heterocycles. The summed E-state index contributed by atoms with van der Waals surface area (Å²) in [6.07, 6.45) is 5.67. The van der Waals surface area contributed by atoms with E-state index in [0.717, 1.165) is 18.1 Å². The second-order valence-electron chi connectivity index (χ2n) is 6.74. The van der Waals surface area contributed by atoms with Crippen molar-refractivity contribution in [1.82, 2.24) is 10.3 Å². The van der Waals surface area contributed by atoms with Crippen LogP contribution >= 0.6 is 12.2 Å². The van der Waals surface area contributed by atoms with Gasteiger partial charge in [-0.15, -0.1) is 0 Å². The first-order valence-corrected chi connectivity index (χ1v) is 9.36. The molecular weight excluding hydrogens is 328 g/mol. The van der Waals surface area contributed by atoms with Crippen LogP contribution in [0.5, 0.6) is 0 Å².